The average Bonchev–Trinajstić information content (AvgIpc) is 2.30. The predicted octanol–water partition coefficient (Wildman–Crippen LogP) is 1.45. The van der Waals surface area contributed by atoms with Crippen molar-refractivity contribution in [3.63, 3.8) is 0 Å². The van der Waals surface area contributed by atoms with Crippen LogP contribution in [0.1, 0.15) is 15.9 Å². The first kappa shape index (κ1) is 11.1. The third kappa shape index (κ3) is 2.10. The molecular weight excluding hydrogens is 216 g/mol. The molecule has 0 spiro atoms. The Morgan fingerprint density at radius 3 is 2.71 bits per heavy atom. The molecule has 4 heteroatoms. The Labute approximate surface area is 98.1 Å². The number of rotatable bonds is 2. The number of benzene rings is 1. The first-order chi connectivity index (χ1) is 8.09. The zero-order valence-corrected chi connectivity index (χ0v) is 9.36. The second-order valence-electron chi connectivity index (χ2n) is 3.81. The largest absolute Gasteiger partial charge is 0.366 e. The first-order valence-electron chi connectivity index (χ1n) is 5.18. The van der Waals surface area contributed by atoms with Crippen molar-refractivity contribution >= 4 is 5.91 Å². The molecule has 4 nitrogen and oxygen atoms in total. The van der Waals surface area contributed by atoms with Gasteiger partial charge in [-0.25, -0.2) is 0 Å². The van der Waals surface area contributed by atoms with Gasteiger partial charge in [0.25, 0.3) is 5.56 Å². The monoisotopic (exact) mass is 228 g/mol. The quantitative estimate of drug-likeness (QED) is 0.816. The highest BCUT2D eigenvalue weighted by Crippen LogP contribution is 2.18. The van der Waals surface area contributed by atoms with Gasteiger partial charge in [0.05, 0.1) is 0 Å². The number of hydrogen-bond donors (Lipinski definition) is 2. The Morgan fingerprint density at radius 1 is 1.29 bits per heavy atom. The number of aromatic amines is 1. The van der Waals surface area contributed by atoms with Crippen LogP contribution in [-0.4, -0.2) is 10.9 Å². The van der Waals surface area contributed by atoms with Crippen molar-refractivity contribution in [2.45, 2.75) is 6.92 Å². The molecule has 0 unspecified atom stereocenters. The molecule has 1 amide bonds. The second-order valence-corrected chi connectivity index (χ2v) is 3.81. The van der Waals surface area contributed by atoms with Crippen LogP contribution < -0.4 is 11.3 Å². The molecule has 0 radical (unpaired) electrons. The lowest BCUT2D eigenvalue weighted by atomic mass is 10.0. The van der Waals surface area contributed by atoms with E-state index in [1.165, 1.54) is 0 Å². The SMILES string of the molecule is Cc1ccc(-c2ccc[nH]c2=O)cc1C(N)=O. The molecule has 0 saturated heterocycles. The van der Waals surface area contributed by atoms with Gasteiger partial charge in [-0.15, -0.1) is 0 Å². The number of nitrogens with two attached hydrogens (primary N) is 1. The van der Waals surface area contributed by atoms with Crippen molar-refractivity contribution in [2.24, 2.45) is 5.73 Å². The number of H-pyrrole nitrogens is 1. The van der Waals surface area contributed by atoms with E-state index in [1.54, 1.807) is 43.5 Å². The minimum atomic E-state index is -0.489. The normalized spacial score (nSPS) is 10.2. The van der Waals surface area contributed by atoms with Crippen molar-refractivity contribution in [1.82, 2.24) is 4.98 Å². The highest BCUT2D eigenvalue weighted by Gasteiger charge is 2.08. The summed E-state index contributed by atoms with van der Waals surface area (Å²) < 4.78 is 0. The van der Waals surface area contributed by atoms with Crippen molar-refractivity contribution in [3.05, 3.63) is 58.0 Å². The lowest BCUT2D eigenvalue weighted by Gasteiger charge is -2.05. The molecule has 0 bridgehead atoms. The van der Waals surface area contributed by atoms with Gasteiger partial charge in [-0.3, -0.25) is 9.59 Å². The van der Waals surface area contributed by atoms with Crippen molar-refractivity contribution < 1.29 is 4.79 Å². The average molecular weight is 228 g/mol. The fourth-order valence-electron chi connectivity index (χ4n) is 1.70. The van der Waals surface area contributed by atoms with Crippen LogP contribution in [-0.2, 0) is 0 Å². The summed E-state index contributed by atoms with van der Waals surface area (Å²) in [7, 11) is 0. The number of aromatic nitrogens is 1. The van der Waals surface area contributed by atoms with Gasteiger partial charge in [0.15, 0.2) is 0 Å². The third-order valence-electron chi connectivity index (χ3n) is 2.63. The summed E-state index contributed by atoms with van der Waals surface area (Å²) in [4.78, 5) is 25.4. The maximum absolute atomic E-state index is 11.6. The summed E-state index contributed by atoms with van der Waals surface area (Å²) in [6, 6.07) is 8.66. The number of amides is 1. The third-order valence-corrected chi connectivity index (χ3v) is 2.63. The smallest absolute Gasteiger partial charge is 0.255 e. The molecule has 0 atom stereocenters. The van der Waals surface area contributed by atoms with Crippen LogP contribution in [0.5, 0.6) is 0 Å². The number of aryl methyl sites for hydroxylation is 1. The Balaban J connectivity index is 2.62. The molecule has 1 aromatic carbocycles. The van der Waals surface area contributed by atoms with E-state index in [0.717, 1.165) is 5.56 Å². The van der Waals surface area contributed by atoms with E-state index < -0.39 is 5.91 Å². The van der Waals surface area contributed by atoms with E-state index in [-0.39, 0.29) is 5.56 Å². The molecule has 0 aliphatic heterocycles. The van der Waals surface area contributed by atoms with Gasteiger partial charge in [-0.2, -0.15) is 0 Å². The van der Waals surface area contributed by atoms with E-state index in [4.69, 9.17) is 5.73 Å². The number of hydrogen-bond acceptors (Lipinski definition) is 2. The van der Waals surface area contributed by atoms with Crippen molar-refractivity contribution in [2.75, 3.05) is 0 Å². The fraction of sp³-hybridized carbons (Fsp3) is 0.0769. The number of carbonyl (C=O) groups excluding carboxylic acids is 1. The number of primary amides is 1. The predicted molar refractivity (Wildman–Crippen MR) is 65.8 cm³/mol. The van der Waals surface area contributed by atoms with E-state index in [1.807, 2.05) is 0 Å². The zero-order valence-electron chi connectivity index (χ0n) is 9.36. The molecule has 0 aliphatic rings. The Morgan fingerprint density at radius 2 is 2.06 bits per heavy atom. The molecule has 17 heavy (non-hydrogen) atoms. The molecule has 0 aliphatic carbocycles. The minimum absolute atomic E-state index is 0.188. The fourth-order valence-corrected chi connectivity index (χ4v) is 1.70. The molecule has 1 aromatic heterocycles. The number of nitrogens with one attached hydrogen (secondary N) is 1. The van der Waals surface area contributed by atoms with Crippen LogP contribution in [0.4, 0.5) is 0 Å². The summed E-state index contributed by atoms with van der Waals surface area (Å²) in [5.41, 5.74) is 7.53. The Hall–Kier alpha value is -2.36. The summed E-state index contributed by atoms with van der Waals surface area (Å²) in [6.07, 6.45) is 1.56. The van der Waals surface area contributed by atoms with Gasteiger partial charge >= 0.3 is 0 Å². The van der Waals surface area contributed by atoms with Crippen LogP contribution in [0, 0.1) is 6.92 Å². The van der Waals surface area contributed by atoms with Gasteiger partial charge < -0.3 is 10.7 Å². The van der Waals surface area contributed by atoms with Crippen LogP contribution in [0.25, 0.3) is 11.1 Å². The maximum atomic E-state index is 11.6. The van der Waals surface area contributed by atoms with Crippen molar-refractivity contribution in [1.29, 1.82) is 0 Å². The number of carbonyl (C=O) groups is 1. The van der Waals surface area contributed by atoms with E-state index in [9.17, 15) is 9.59 Å². The highest BCUT2D eigenvalue weighted by atomic mass is 16.1. The summed E-state index contributed by atoms with van der Waals surface area (Å²) in [6.45, 7) is 1.80. The van der Waals surface area contributed by atoms with Gasteiger partial charge in [0.2, 0.25) is 5.91 Å². The Kier molecular flexibility index (Phi) is 2.78. The minimum Gasteiger partial charge on any atom is -0.366 e. The molecule has 1 heterocycles. The maximum Gasteiger partial charge on any atom is 0.255 e. The summed E-state index contributed by atoms with van der Waals surface area (Å²) in [5, 5.41) is 0. The van der Waals surface area contributed by atoms with Crippen molar-refractivity contribution in [3.8, 4) is 11.1 Å². The van der Waals surface area contributed by atoms with Gasteiger partial charge in [-0.05, 0) is 36.2 Å². The second kappa shape index (κ2) is 4.25. The first-order valence-corrected chi connectivity index (χ1v) is 5.18. The van der Waals surface area contributed by atoms with Crippen LogP contribution in [0.3, 0.4) is 0 Å². The summed E-state index contributed by atoms with van der Waals surface area (Å²) >= 11 is 0. The topological polar surface area (TPSA) is 75.9 Å². The molecule has 0 saturated carbocycles. The lowest BCUT2D eigenvalue weighted by Crippen LogP contribution is -2.13. The van der Waals surface area contributed by atoms with E-state index in [0.29, 0.717) is 16.7 Å². The molecule has 2 aromatic rings. The van der Waals surface area contributed by atoms with Gasteiger partial charge in [0, 0.05) is 17.3 Å². The van der Waals surface area contributed by atoms with Crippen LogP contribution >= 0.6 is 0 Å². The Bertz CT molecular complexity index is 629. The standard InChI is InChI=1S/C13H12N2O2/c1-8-4-5-9(7-11(8)12(14)16)10-3-2-6-15-13(10)17/h2-7H,1H3,(H2,14,16)(H,15,17). The summed E-state index contributed by atoms with van der Waals surface area (Å²) in [5.74, 6) is -0.489. The number of pyridine rings is 1. The lowest BCUT2D eigenvalue weighted by molar-refractivity contribution is 0.1000. The van der Waals surface area contributed by atoms with Gasteiger partial charge in [0.1, 0.15) is 0 Å². The molecule has 2 rings (SSSR count). The highest BCUT2D eigenvalue weighted by molar-refractivity contribution is 5.95. The van der Waals surface area contributed by atoms with E-state index in [2.05, 4.69) is 4.98 Å². The van der Waals surface area contributed by atoms with E-state index >= 15 is 0 Å². The molecule has 3 N–H and O–H groups in total. The molecule has 0 fully saturated rings. The van der Waals surface area contributed by atoms with Gasteiger partial charge in [-0.1, -0.05) is 12.1 Å². The van der Waals surface area contributed by atoms with Crippen LogP contribution in [0.2, 0.25) is 0 Å². The van der Waals surface area contributed by atoms with Crippen LogP contribution in [0.15, 0.2) is 41.3 Å². The molecule has 86 valence electrons. The molecular formula is C13H12N2O2. The zero-order chi connectivity index (χ0) is 12.4.